The molecule has 0 saturated heterocycles. The number of nitrogens with zero attached hydrogens (tertiary/aromatic N) is 1. The molecule has 0 rings (SSSR count). The highest BCUT2D eigenvalue weighted by molar-refractivity contribution is 5.70. The van der Waals surface area contributed by atoms with Crippen LogP contribution in [0.25, 0.3) is 0 Å². The van der Waals surface area contributed by atoms with Crippen molar-refractivity contribution in [1.82, 2.24) is 0 Å². The van der Waals surface area contributed by atoms with Gasteiger partial charge in [-0.05, 0) is 12.3 Å². The molecule has 178 valence electrons. The summed E-state index contributed by atoms with van der Waals surface area (Å²) >= 11 is 0. The molecule has 0 aromatic heterocycles. The number of rotatable bonds is 20. The Bertz CT molecular complexity index is 445. The minimum absolute atomic E-state index is 0.237. The molecule has 5 nitrogen and oxygen atoms in total. The van der Waals surface area contributed by atoms with Crippen molar-refractivity contribution < 1.29 is 23.9 Å². The molecule has 0 aliphatic carbocycles. The largest absolute Gasteiger partial charge is 0.550 e. The van der Waals surface area contributed by atoms with Crippen LogP contribution in [0, 0.1) is 5.92 Å². The molecule has 0 fully saturated rings. The van der Waals surface area contributed by atoms with Crippen LogP contribution in [0.4, 0.5) is 0 Å². The maximum atomic E-state index is 12.0. The number of likely N-dealkylation sites (N-methyl/N-ethyl adjacent to an activating group) is 1. The smallest absolute Gasteiger partial charge is 0.306 e. The first-order valence-electron chi connectivity index (χ1n) is 12.3. The molecule has 0 N–H and O–H groups in total. The van der Waals surface area contributed by atoms with Gasteiger partial charge in [0.15, 0.2) is 6.10 Å². The summed E-state index contributed by atoms with van der Waals surface area (Å²) in [6, 6.07) is 0. The summed E-state index contributed by atoms with van der Waals surface area (Å²) in [6.07, 6.45) is 15.9. The minimum atomic E-state index is -1.17. The third kappa shape index (κ3) is 20.2. The fraction of sp³-hybridized carbons (Fsp3) is 0.920. The second-order valence-corrected chi connectivity index (χ2v) is 10.1. The molecular weight excluding hydrogens is 378 g/mol. The number of carbonyl (C=O) groups excluding carboxylic acids is 2. The average molecular weight is 428 g/mol. The Morgan fingerprint density at radius 1 is 0.833 bits per heavy atom. The summed E-state index contributed by atoms with van der Waals surface area (Å²) < 4.78 is 5.93. The van der Waals surface area contributed by atoms with E-state index in [1.165, 1.54) is 64.2 Å². The van der Waals surface area contributed by atoms with Gasteiger partial charge in [-0.15, -0.1) is 0 Å². The number of hydrogen-bond donors (Lipinski definition) is 0. The molecule has 0 aliphatic heterocycles. The highest BCUT2D eigenvalue weighted by Crippen LogP contribution is 2.17. The minimum Gasteiger partial charge on any atom is -0.550 e. The summed E-state index contributed by atoms with van der Waals surface area (Å²) in [5.41, 5.74) is 0. The number of ether oxygens (including phenoxy) is 1. The van der Waals surface area contributed by atoms with Gasteiger partial charge in [0, 0.05) is 18.8 Å². The molecule has 0 radical (unpaired) electrons. The van der Waals surface area contributed by atoms with E-state index in [0.29, 0.717) is 17.4 Å². The van der Waals surface area contributed by atoms with Crippen LogP contribution in [-0.4, -0.2) is 50.2 Å². The fourth-order valence-corrected chi connectivity index (χ4v) is 4.00. The van der Waals surface area contributed by atoms with E-state index in [0.717, 1.165) is 25.2 Å². The quantitative estimate of drug-likeness (QED) is 0.158. The first kappa shape index (κ1) is 28.9. The lowest BCUT2D eigenvalue weighted by atomic mass is 9.98. The van der Waals surface area contributed by atoms with Crippen LogP contribution >= 0.6 is 0 Å². The normalized spacial score (nSPS) is 13.8. The van der Waals surface area contributed by atoms with E-state index in [1.807, 2.05) is 21.1 Å². The third-order valence-electron chi connectivity index (χ3n) is 5.55. The number of quaternary nitrogens is 1. The van der Waals surface area contributed by atoms with Crippen molar-refractivity contribution in [2.75, 3.05) is 27.7 Å². The van der Waals surface area contributed by atoms with Crippen LogP contribution in [-0.2, 0) is 14.3 Å². The number of carboxylic acids is 1. The molecule has 2 unspecified atom stereocenters. The average Bonchev–Trinajstić information content (AvgIpc) is 2.60. The number of carboxylic acid groups (broad SMARTS) is 1. The van der Waals surface area contributed by atoms with Gasteiger partial charge in [0.2, 0.25) is 0 Å². The van der Waals surface area contributed by atoms with Crippen LogP contribution in [0.1, 0.15) is 110 Å². The molecule has 0 bridgehead atoms. The van der Waals surface area contributed by atoms with Crippen molar-refractivity contribution in [2.45, 2.75) is 116 Å². The van der Waals surface area contributed by atoms with Crippen molar-refractivity contribution in [2.24, 2.45) is 5.92 Å². The zero-order chi connectivity index (χ0) is 22.8. The molecule has 0 aromatic carbocycles. The summed E-state index contributed by atoms with van der Waals surface area (Å²) in [6.45, 7) is 5.11. The van der Waals surface area contributed by atoms with Crippen molar-refractivity contribution in [1.29, 1.82) is 0 Å². The number of unbranched alkanes of at least 4 members (excludes halogenated alkanes) is 9. The molecule has 0 amide bonds. The van der Waals surface area contributed by atoms with Gasteiger partial charge in [-0.2, -0.15) is 0 Å². The topological polar surface area (TPSA) is 66.4 Å². The summed E-state index contributed by atoms with van der Waals surface area (Å²) in [4.78, 5) is 22.9. The lowest BCUT2D eigenvalue weighted by molar-refractivity contribution is -0.873. The van der Waals surface area contributed by atoms with Gasteiger partial charge in [-0.25, -0.2) is 0 Å². The van der Waals surface area contributed by atoms with Crippen molar-refractivity contribution in [3.05, 3.63) is 0 Å². The molecule has 0 saturated carbocycles. The number of carbonyl (C=O) groups is 2. The number of aliphatic carboxylic acids is 1. The van der Waals surface area contributed by atoms with Crippen LogP contribution in [0.5, 0.6) is 0 Å². The van der Waals surface area contributed by atoms with E-state index in [9.17, 15) is 14.7 Å². The van der Waals surface area contributed by atoms with Gasteiger partial charge in [-0.3, -0.25) is 4.79 Å². The standard InChI is InChI=1S/C25H49NO4/c1-6-17-22(2)18-15-13-11-9-7-8-10-12-14-16-19-25(29)30-23(20-24(27)28)21-26(3,4)5/h22-23H,6-21H2,1-5H3. The van der Waals surface area contributed by atoms with Gasteiger partial charge in [0.1, 0.15) is 6.54 Å². The molecule has 0 heterocycles. The lowest BCUT2D eigenvalue weighted by Gasteiger charge is -2.29. The molecule has 2 atom stereocenters. The Balaban J connectivity index is 3.62. The molecular formula is C25H49NO4. The Hall–Kier alpha value is -1.10. The predicted molar refractivity (Wildman–Crippen MR) is 122 cm³/mol. The summed E-state index contributed by atoms with van der Waals surface area (Å²) in [5.74, 6) is -0.569. The highest BCUT2D eigenvalue weighted by Gasteiger charge is 2.22. The zero-order valence-corrected chi connectivity index (χ0v) is 20.5. The van der Waals surface area contributed by atoms with E-state index in [-0.39, 0.29) is 12.4 Å². The molecule has 30 heavy (non-hydrogen) atoms. The van der Waals surface area contributed by atoms with Crippen molar-refractivity contribution in [3.8, 4) is 0 Å². The first-order chi connectivity index (χ1) is 14.1. The maximum absolute atomic E-state index is 12.0. The molecule has 0 spiro atoms. The van der Waals surface area contributed by atoms with E-state index in [1.54, 1.807) is 0 Å². The predicted octanol–water partition coefficient (Wildman–Crippen LogP) is 4.86. The summed E-state index contributed by atoms with van der Waals surface area (Å²) in [7, 11) is 5.85. The van der Waals surface area contributed by atoms with Crippen LogP contribution in [0.15, 0.2) is 0 Å². The third-order valence-corrected chi connectivity index (χ3v) is 5.55. The van der Waals surface area contributed by atoms with Gasteiger partial charge in [0.05, 0.1) is 21.1 Å². The van der Waals surface area contributed by atoms with E-state index < -0.39 is 12.1 Å². The second kappa shape index (κ2) is 17.6. The SMILES string of the molecule is CCCC(C)CCCCCCCCCCCCC(=O)OC(CC(=O)[O-])C[N+](C)(C)C. The number of hydrogen-bond acceptors (Lipinski definition) is 4. The van der Waals surface area contributed by atoms with Gasteiger partial charge < -0.3 is 19.1 Å². The second-order valence-electron chi connectivity index (χ2n) is 10.1. The molecule has 0 aliphatic rings. The summed E-state index contributed by atoms with van der Waals surface area (Å²) in [5, 5.41) is 10.9. The maximum Gasteiger partial charge on any atom is 0.306 e. The highest BCUT2D eigenvalue weighted by atomic mass is 16.5. The van der Waals surface area contributed by atoms with Gasteiger partial charge >= 0.3 is 5.97 Å². The van der Waals surface area contributed by atoms with Crippen LogP contribution < -0.4 is 5.11 Å². The van der Waals surface area contributed by atoms with E-state index >= 15 is 0 Å². The van der Waals surface area contributed by atoms with Crippen molar-refractivity contribution >= 4 is 11.9 Å². The first-order valence-corrected chi connectivity index (χ1v) is 12.3. The fourth-order valence-electron chi connectivity index (χ4n) is 4.00. The van der Waals surface area contributed by atoms with E-state index in [2.05, 4.69) is 13.8 Å². The zero-order valence-electron chi connectivity index (χ0n) is 20.5. The van der Waals surface area contributed by atoms with Crippen LogP contribution in [0.3, 0.4) is 0 Å². The van der Waals surface area contributed by atoms with Crippen molar-refractivity contribution in [3.63, 3.8) is 0 Å². The Morgan fingerprint density at radius 2 is 1.33 bits per heavy atom. The van der Waals surface area contributed by atoms with Crippen LogP contribution in [0.2, 0.25) is 0 Å². The Morgan fingerprint density at radius 3 is 1.80 bits per heavy atom. The lowest BCUT2D eigenvalue weighted by Crippen LogP contribution is -2.45. The molecule has 0 aromatic rings. The molecule has 5 heteroatoms. The Labute approximate surface area is 186 Å². The Kier molecular flexibility index (Phi) is 16.9. The van der Waals surface area contributed by atoms with E-state index in [4.69, 9.17) is 4.74 Å². The van der Waals surface area contributed by atoms with Gasteiger partial charge in [-0.1, -0.05) is 90.9 Å². The monoisotopic (exact) mass is 427 g/mol. The van der Waals surface area contributed by atoms with Gasteiger partial charge in [0.25, 0.3) is 0 Å². The number of esters is 1.